The van der Waals surface area contributed by atoms with Gasteiger partial charge in [-0.15, -0.1) is 0 Å². The maximum atomic E-state index is 10.4. The van der Waals surface area contributed by atoms with Gasteiger partial charge in [0.25, 0.3) is 0 Å². The lowest BCUT2D eigenvalue weighted by atomic mass is 10.3. The highest BCUT2D eigenvalue weighted by atomic mass is 16.1. The Kier molecular flexibility index (Phi) is 5.74. The van der Waals surface area contributed by atoms with Crippen LogP contribution in [0.4, 0.5) is 0 Å². The second-order valence-electron chi connectivity index (χ2n) is 2.19. The predicted octanol–water partition coefficient (Wildman–Crippen LogP) is 2.49. The zero-order valence-electron chi connectivity index (χ0n) is 6.63. The molecule has 0 N–H and O–H groups in total. The van der Waals surface area contributed by atoms with Crippen LogP contribution in [-0.4, -0.2) is 5.78 Å². The third kappa shape index (κ3) is 7.15. The van der Waals surface area contributed by atoms with Gasteiger partial charge in [0.15, 0.2) is 5.78 Å². The lowest BCUT2D eigenvalue weighted by Crippen LogP contribution is -1.77. The molecule has 0 fully saturated rings. The summed E-state index contributed by atoms with van der Waals surface area (Å²) in [5, 5.41) is 0. The maximum absolute atomic E-state index is 10.4. The van der Waals surface area contributed by atoms with Crippen molar-refractivity contribution in [3.8, 4) is 0 Å². The van der Waals surface area contributed by atoms with Crippen molar-refractivity contribution in [2.24, 2.45) is 0 Å². The van der Waals surface area contributed by atoms with Gasteiger partial charge in [-0.2, -0.15) is 0 Å². The van der Waals surface area contributed by atoms with Crippen molar-refractivity contribution in [2.75, 3.05) is 0 Å². The van der Waals surface area contributed by atoms with Crippen LogP contribution in [-0.2, 0) is 4.79 Å². The Balaban J connectivity index is 3.42. The monoisotopic (exact) mass is 138 g/mol. The van der Waals surface area contributed by atoms with E-state index in [9.17, 15) is 4.79 Å². The standard InChI is InChI=1S/C9H14O/c1-3-4-5-6-7-8-9(2)10/h5-8H,3-4H2,1-2H3/b6-5-,8-7+. The fourth-order valence-electron chi connectivity index (χ4n) is 0.533. The molecule has 0 bridgehead atoms. The molecule has 0 aliphatic heterocycles. The molecular formula is C9H14O. The second-order valence-corrected chi connectivity index (χ2v) is 2.19. The summed E-state index contributed by atoms with van der Waals surface area (Å²) < 4.78 is 0. The van der Waals surface area contributed by atoms with Crippen molar-refractivity contribution in [2.45, 2.75) is 26.7 Å². The van der Waals surface area contributed by atoms with E-state index < -0.39 is 0 Å². The third-order valence-electron chi connectivity index (χ3n) is 1.03. The quantitative estimate of drug-likeness (QED) is 0.431. The van der Waals surface area contributed by atoms with Gasteiger partial charge >= 0.3 is 0 Å². The van der Waals surface area contributed by atoms with Crippen LogP contribution in [0.5, 0.6) is 0 Å². The van der Waals surface area contributed by atoms with Crippen LogP contribution in [0.15, 0.2) is 24.3 Å². The summed E-state index contributed by atoms with van der Waals surface area (Å²) in [5.74, 6) is 0.0983. The molecule has 0 aromatic rings. The van der Waals surface area contributed by atoms with E-state index in [1.807, 2.05) is 6.08 Å². The van der Waals surface area contributed by atoms with Crippen molar-refractivity contribution < 1.29 is 4.79 Å². The van der Waals surface area contributed by atoms with Crippen molar-refractivity contribution in [3.05, 3.63) is 24.3 Å². The average molecular weight is 138 g/mol. The number of hydrogen-bond acceptors (Lipinski definition) is 1. The highest BCUT2D eigenvalue weighted by molar-refractivity contribution is 5.87. The number of ketones is 1. The normalized spacial score (nSPS) is 11.4. The largest absolute Gasteiger partial charge is 0.295 e. The summed E-state index contributed by atoms with van der Waals surface area (Å²) in [7, 11) is 0. The zero-order valence-corrected chi connectivity index (χ0v) is 6.63. The average Bonchev–Trinajstić information content (AvgIpc) is 1.87. The molecule has 0 radical (unpaired) electrons. The summed E-state index contributed by atoms with van der Waals surface area (Å²) in [6.45, 7) is 3.67. The van der Waals surface area contributed by atoms with Crippen LogP contribution < -0.4 is 0 Å². The van der Waals surface area contributed by atoms with Crippen LogP contribution in [0, 0.1) is 0 Å². The first kappa shape index (κ1) is 9.15. The van der Waals surface area contributed by atoms with Gasteiger partial charge in [0.1, 0.15) is 0 Å². The Morgan fingerprint density at radius 1 is 1.40 bits per heavy atom. The van der Waals surface area contributed by atoms with Crippen LogP contribution in [0.3, 0.4) is 0 Å². The molecule has 0 atom stereocenters. The molecule has 0 aliphatic carbocycles. The van der Waals surface area contributed by atoms with Gasteiger partial charge in [-0.1, -0.05) is 31.6 Å². The molecular weight excluding hydrogens is 124 g/mol. The van der Waals surface area contributed by atoms with E-state index in [-0.39, 0.29) is 5.78 Å². The fourth-order valence-corrected chi connectivity index (χ4v) is 0.533. The molecule has 10 heavy (non-hydrogen) atoms. The topological polar surface area (TPSA) is 17.1 Å². The molecule has 1 nitrogen and oxygen atoms in total. The molecule has 0 saturated carbocycles. The molecule has 1 heteroatoms. The molecule has 56 valence electrons. The van der Waals surface area contributed by atoms with Crippen LogP contribution in [0.1, 0.15) is 26.7 Å². The van der Waals surface area contributed by atoms with Gasteiger partial charge in [0.2, 0.25) is 0 Å². The first-order valence-electron chi connectivity index (χ1n) is 3.61. The van der Waals surface area contributed by atoms with E-state index in [0.29, 0.717) is 0 Å². The predicted molar refractivity (Wildman–Crippen MR) is 43.9 cm³/mol. The third-order valence-corrected chi connectivity index (χ3v) is 1.03. The van der Waals surface area contributed by atoms with E-state index in [1.165, 1.54) is 0 Å². The lowest BCUT2D eigenvalue weighted by Gasteiger charge is -1.79. The Labute approximate surface area is 62.4 Å². The lowest BCUT2D eigenvalue weighted by molar-refractivity contribution is -0.112. The second kappa shape index (κ2) is 6.27. The highest BCUT2D eigenvalue weighted by Crippen LogP contribution is 1.88. The number of carbonyl (C=O) groups excluding carboxylic acids is 1. The van der Waals surface area contributed by atoms with Gasteiger partial charge in [0, 0.05) is 0 Å². The zero-order chi connectivity index (χ0) is 7.82. The molecule has 0 saturated heterocycles. The molecule has 0 unspecified atom stereocenters. The fraction of sp³-hybridized carbons (Fsp3) is 0.444. The van der Waals surface area contributed by atoms with Gasteiger partial charge in [0.05, 0.1) is 0 Å². The van der Waals surface area contributed by atoms with E-state index in [1.54, 1.807) is 19.1 Å². The van der Waals surface area contributed by atoms with Crippen molar-refractivity contribution in [1.82, 2.24) is 0 Å². The van der Waals surface area contributed by atoms with Crippen molar-refractivity contribution >= 4 is 5.78 Å². The van der Waals surface area contributed by atoms with Crippen molar-refractivity contribution in [3.63, 3.8) is 0 Å². The SMILES string of the molecule is CCC/C=C\C=C\C(C)=O. The number of hydrogen-bond donors (Lipinski definition) is 0. The minimum atomic E-state index is 0.0983. The Morgan fingerprint density at radius 3 is 2.60 bits per heavy atom. The summed E-state index contributed by atoms with van der Waals surface area (Å²) in [6.07, 6.45) is 9.54. The van der Waals surface area contributed by atoms with Gasteiger partial charge in [-0.25, -0.2) is 0 Å². The summed E-state index contributed by atoms with van der Waals surface area (Å²) in [5.41, 5.74) is 0. The number of rotatable bonds is 4. The van der Waals surface area contributed by atoms with Gasteiger partial charge < -0.3 is 0 Å². The Hall–Kier alpha value is -0.850. The van der Waals surface area contributed by atoms with E-state index in [2.05, 4.69) is 13.0 Å². The smallest absolute Gasteiger partial charge is 0.152 e. The van der Waals surface area contributed by atoms with Gasteiger partial charge in [-0.05, 0) is 19.4 Å². The van der Waals surface area contributed by atoms with E-state index >= 15 is 0 Å². The molecule has 0 aromatic heterocycles. The molecule has 0 aromatic carbocycles. The molecule has 0 amide bonds. The molecule has 0 heterocycles. The first-order chi connectivity index (χ1) is 4.77. The number of allylic oxidation sites excluding steroid dienone is 4. The van der Waals surface area contributed by atoms with E-state index in [0.717, 1.165) is 12.8 Å². The van der Waals surface area contributed by atoms with E-state index in [4.69, 9.17) is 0 Å². The van der Waals surface area contributed by atoms with Crippen LogP contribution >= 0.6 is 0 Å². The highest BCUT2D eigenvalue weighted by Gasteiger charge is 1.76. The Morgan fingerprint density at radius 2 is 2.10 bits per heavy atom. The van der Waals surface area contributed by atoms with Gasteiger partial charge in [-0.3, -0.25) is 4.79 Å². The van der Waals surface area contributed by atoms with Crippen molar-refractivity contribution in [1.29, 1.82) is 0 Å². The number of carbonyl (C=O) groups is 1. The summed E-state index contributed by atoms with van der Waals surface area (Å²) >= 11 is 0. The summed E-state index contributed by atoms with van der Waals surface area (Å²) in [6, 6.07) is 0. The molecule has 0 aliphatic rings. The number of unbranched alkanes of at least 4 members (excludes halogenated alkanes) is 1. The molecule has 0 spiro atoms. The minimum Gasteiger partial charge on any atom is -0.295 e. The van der Waals surface area contributed by atoms with Crippen LogP contribution in [0.25, 0.3) is 0 Å². The first-order valence-corrected chi connectivity index (χ1v) is 3.61. The minimum absolute atomic E-state index is 0.0983. The summed E-state index contributed by atoms with van der Waals surface area (Å²) in [4.78, 5) is 10.4. The Bertz CT molecular complexity index is 143. The maximum Gasteiger partial charge on any atom is 0.152 e. The van der Waals surface area contributed by atoms with Crippen LogP contribution in [0.2, 0.25) is 0 Å². The molecule has 0 rings (SSSR count).